The molecule has 1 N–H and O–H groups in total. The molecule has 5 heteroatoms. The highest BCUT2D eigenvalue weighted by Gasteiger charge is 2.39. The summed E-state index contributed by atoms with van der Waals surface area (Å²) in [6, 6.07) is -0.00394. The molecule has 0 saturated carbocycles. The molecule has 0 bridgehead atoms. The molecule has 2 aliphatic rings. The maximum atomic E-state index is 11.2. The van der Waals surface area contributed by atoms with Crippen LogP contribution in [0.15, 0.2) is 11.6 Å². The summed E-state index contributed by atoms with van der Waals surface area (Å²) in [5, 5.41) is 2.81. The Kier molecular flexibility index (Phi) is 3.93. The Morgan fingerprint density at radius 3 is 2.88 bits per heavy atom. The SMILES string of the molecule is COCO[C@H]1C(=O)N[C@H]1C=C1CCOCC1. The largest absolute Gasteiger partial charge is 0.381 e. The van der Waals surface area contributed by atoms with Crippen molar-refractivity contribution in [1.82, 2.24) is 5.32 Å². The molecular formula is C11H17NO4. The molecule has 0 aromatic heterocycles. The summed E-state index contributed by atoms with van der Waals surface area (Å²) < 4.78 is 15.3. The van der Waals surface area contributed by atoms with Crippen molar-refractivity contribution in [2.75, 3.05) is 27.1 Å². The van der Waals surface area contributed by atoms with Crippen LogP contribution in [0.25, 0.3) is 0 Å². The molecule has 2 atom stereocenters. The molecule has 0 spiro atoms. The van der Waals surface area contributed by atoms with Gasteiger partial charge < -0.3 is 19.5 Å². The molecule has 0 unspecified atom stereocenters. The molecule has 2 rings (SSSR count). The zero-order valence-electron chi connectivity index (χ0n) is 9.40. The first kappa shape index (κ1) is 11.6. The number of β-lactam (4-membered cyclic amide) rings is 1. The van der Waals surface area contributed by atoms with E-state index in [4.69, 9.17) is 14.2 Å². The predicted octanol–water partition coefficient (Wildman–Crippen LogP) is 0.211. The van der Waals surface area contributed by atoms with Gasteiger partial charge in [0.2, 0.25) is 0 Å². The lowest BCUT2D eigenvalue weighted by Crippen LogP contribution is -2.62. The van der Waals surface area contributed by atoms with Gasteiger partial charge in [-0.1, -0.05) is 11.6 Å². The monoisotopic (exact) mass is 227 g/mol. The highest BCUT2D eigenvalue weighted by molar-refractivity contribution is 5.89. The first-order valence-electron chi connectivity index (χ1n) is 5.49. The number of carbonyl (C=O) groups excluding carboxylic acids is 1. The maximum Gasteiger partial charge on any atom is 0.252 e. The molecule has 16 heavy (non-hydrogen) atoms. The van der Waals surface area contributed by atoms with Crippen LogP contribution in [-0.4, -0.2) is 45.2 Å². The molecule has 5 nitrogen and oxygen atoms in total. The van der Waals surface area contributed by atoms with Gasteiger partial charge in [0, 0.05) is 7.11 Å². The fourth-order valence-corrected chi connectivity index (χ4v) is 1.89. The van der Waals surface area contributed by atoms with Crippen LogP contribution in [-0.2, 0) is 19.0 Å². The van der Waals surface area contributed by atoms with E-state index in [0.717, 1.165) is 26.1 Å². The van der Waals surface area contributed by atoms with Crippen molar-refractivity contribution < 1.29 is 19.0 Å². The molecular weight excluding hydrogens is 210 g/mol. The summed E-state index contributed by atoms with van der Waals surface area (Å²) in [7, 11) is 1.54. The van der Waals surface area contributed by atoms with Gasteiger partial charge >= 0.3 is 0 Å². The van der Waals surface area contributed by atoms with Gasteiger partial charge in [0.1, 0.15) is 6.79 Å². The van der Waals surface area contributed by atoms with Crippen molar-refractivity contribution in [2.24, 2.45) is 0 Å². The van der Waals surface area contributed by atoms with Crippen LogP contribution in [0.1, 0.15) is 12.8 Å². The molecule has 2 saturated heterocycles. The van der Waals surface area contributed by atoms with Crippen LogP contribution < -0.4 is 5.32 Å². The third-order valence-electron chi connectivity index (χ3n) is 2.81. The number of methoxy groups -OCH3 is 1. The smallest absolute Gasteiger partial charge is 0.252 e. The number of hydrogen-bond donors (Lipinski definition) is 1. The summed E-state index contributed by atoms with van der Waals surface area (Å²) in [5.41, 5.74) is 1.34. The Morgan fingerprint density at radius 2 is 2.25 bits per heavy atom. The highest BCUT2D eigenvalue weighted by Crippen LogP contribution is 2.19. The van der Waals surface area contributed by atoms with Crippen molar-refractivity contribution in [3.05, 3.63) is 11.6 Å². The van der Waals surface area contributed by atoms with Crippen molar-refractivity contribution in [1.29, 1.82) is 0 Å². The number of rotatable bonds is 4. The van der Waals surface area contributed by atoms with Crippen LogP contribution in [0.4, 0.5) is 0 Å². The number of nitrogens with one attached hydrogen (secondary N) is 1. The summed E-state index contributed by atoms with van der Waals surface area (Å²) >= 11 is 0. The number of amides is 1. The molecule has 0 aliphatic carbocycles. The maximum absolute atomic E-state index is 11.2. The lowest BCUT2D eigenvalue weighted by molar-refractivity contribution is -0.157. The van der Waals surface area contributed by atoms with E-state index in [9.17, 15) is 4.79 Å². The molecule has 1 amide bonds. The first-order valence-corrected chi connectivity index (χ1v) is 5.49. The molecule has 0 aromatic rings. The first-order chi connectivity index (χ1) is 7.81. The second-order valence-electron chi connectivity index (χ2n) is 3.97. The van der Waals surface area contributed by atoms with Crippen molar-refractivity contribution in [3.8, 4) is 0 Å². The van der Waals surface area contributed by atoms with E-state index >= 15 is 0 Å². The number of carbonyl (C=O) groups is 1. The average Bonchev–Trinajstić information content (AvgIpc) is 2.30. The van der Waals surface area contributed by atoms with Gasteiger partial charge in [0.15, 0.2) is 6.10 Å². The number of ether oxygens (including phenoxy) is 3. The number of hydrogen-bond acceptors (Lipinski definition) is 4. The Bertz CT molecular complexity index is 282. The Balaban J connectivity index is 1.86. The third-order valence-corrected chi connectivity index (χ3v) is 2.81. The molecule has 2 fully saturated rings. The van der Waals surface area contributed by atoms with Crippen LogP contribution in [0.5, 0.6) is 0 Å². The topological polar surface area (TPSA) is 56.8 Å². The van der Waals surface area contributed by atoms with E-state index in [1.54, 1.807) is 7.11 Å². The lowest BCUT2D eigenvalue weighted by Gasteiger charge is -2.35. The van der Waals surface area contributed by atoms with Crippen molar-refractivity contribution >= 4 is 5.91 Å². The molecule has 2 aliphatic heterocycles. The fourth-order valence-electron chi connectivity index (χ4n) is 1.89. The van der Waals surface area contributed by atoms with E-state index in [1.165, 1.54) is 5.57 Å². The zero-order valence-corrected chi connectivity index (χ0v) is 9.40. The van der Waals surface area contributed by atoms with E-state index in [1.807, 2.05) is 0 Å². The van der Waals surface area contributed by atoms with Crippen LogP contribution >= 0.6 is 0 Å². The van der Waals surface area contributed by atoms with Crippen molar-refractivity contribution in [3.63, 3.8) is 0 Å². The van der Waals surface area contributed by atoms with Gasteiger partial charge in [0.05, 0.1) is 19.3 Å². The van der Waals surface area contributed by atoms with Crippen LogP contribution in [0.2, 0.25) is 0 Å². The quantitative estimate of drug-likeness (QED) is 0.424. The summed E-state index contributed by atoms with van der Waals surface area (Å²) in [4.78, 5) is 11.2. The van der Waals surface area contributed by atoms with Gasteiger partial charge in [0.25, 0.3) is 5.91 Å². The second kappa shape index (κ2) is 5.43. The summed E-state index contributed by atoms with van der Waals surface area (Å²) in [6.07, 6.45) is 3.59. The van der Waals surface area contributed by atoms with E-state index in [0.29, 0.717) is 0 Å². The summed E-state index contributed by atoms with van der Waals surface area (Å²) in [6.45, 7) is 1.70. The fraction of sp³-hybridized carbons (Fsp3) is 0.727. The minimum Gasteiger partial charge on any atom is -0.381 e. The van der Waals surface area contributed by atoms with Gasteiger partial charge in [-0.15, -0.1) is 0 Å². The normalized spacial score (nSPS) is 29.6. The Morgan fingerprint density at radius 1 is 1.50 bits per heavy atom. The van der Waals surface area contributed by atoms with Crippen LogP contribution in [0.3, 0.4) is 0 Å². The Labute approximate surface area is 94.7 Å². The van der Waals surface area contributed by atoms with Gasteiger partial charge in [-0.05, 0) is 12.8 Å². The minimum absolute atomic E-state index is 0.00394. The summed E-state index contributed by atoms with van der Waals surface area (Å²) in [5.74, 6) is -0.0639. The lowest BCUT2D eigenvalue weighted by atomic mass is 9.96. The standard InChI is InChI=1S/C11H17NO4/c1-14-7-16-10-9(12-11(10)13)6-8-2-4-15-5-3-8/h6,9-10H,2-5,7H2,1H3,(H,12,13)/t9-,10+/m0/s1. The average molecular weight is 227 g/mol. The van der Waals surface area contributed by atoms with E-state index in [-0.39, 0.29) is 18.7 Å². The molecule has 2 heterocycles. The van der Waals surface area contributed by atoms with E-state index in [2.05, 4.69) is 11.4 Å². The predicted molar refractivity (Wildman–Crippen MR) is 56.8 cm³/mol. The van der Waals surface area contributed by atoms with Gasteiger partial charge in [-0.25, -0.2) is 0 Å². The van der Waals surface area contributed by atoms with Gasteiger partial charge in [-0.2, -0.15) is 0 Å². The molecule has 0 aromatic carbocycles. The van der Waals surface area contributed by atoms with Crippen molar-refractivity contribution in [2.45, 2.75) is 25.0 Å². The Hall–Kier alpha value is -0.910. The highest BCUT2D eigenvalue weighted by atomic mass is 16.7. The van der Waals surface area contributed by atoms with E-state index < -0.39 is 6.10 Å². The van der Waals surface area contributed by atoms with Crippen LogP contribution in [0, 0.1) is 0 Å². The third kappa shape index (κ3) is 2.61. The second-order valence-corrected chi connectivity index (χ2v) is 3.97. The molecule has 0 radical (unpaired) electrons. The van der Waals surface area contributed by atoms with Gasteiger partial charge in [-0.3, -0.25) is 4.79 Å². The zero-order chi connectivity index (χ0) is 11.4. The minimum atomic E-state index is -0.393. The molecule has 90 valence electrons.